The average molecular weight is 202 g/mol. The second-order valence-corrected chi connectivity index (χ2v) is 2.29. The molecule has 0 aliphatic heterocycles. The van der Waals surface area contributed by atoms with Gasteiger partial charge in [0.2, 0.25) is 0 Å². The third-order valence-electron chi connectivity index (χ3n) is 1.16. The molecule has 0 aliphatic carbocycles. The molecule has 6 heteroatoms. The van der Waals surface area contributed by atoms with Crippen LogP contribution in [0.2, 0.25) is 0 Å². The minimum absolute atomic E-state index is 0.0802. The largest absolute Gasteiger partial charge is 0.478 e. The SMILES string of the molecule is O=C(O)C=CC(=O)OCCC(=O)CO. The molecule has 0 radical (unpaired) electrons. The van der Waals surface area contributed by atoms with Crippen molar-refractivity contribution in [1.82, 2.24) is 0 Å². The first-order valence-corrected chi connectivity index (χ1v) is 3.76. The minimum Gasteiger partial charge on any atom is -0.478 e. The molecule has 0 spiro atoms. The summed E-state index contributed by atoms with van der Waals surface area (Å²) in [7, 11) is 0. The summed E-state index contributed by atoms with van der Waals surface area (Å²) in [5.74, 6) is -2.54. The van der Waals surface area contributed by atoms with Crippen LogP contribution >= 0.6 is 0 Å². The van der Waals surface area contributed by atoms with E-state index in [2.05, 4.69) is 4.74 Å². The molecule has 0 aromatic carbocycles. The van der Waals surface area contributed by atoms with Crippen LogP contribution in [0.3, 0.4) is 0 Å². The van der Waals surface area contributed by atoms with E-state index in [0.29, 0.717) is 6.08 Å². The highest BCUT2D eigenvalue weighted by Crippen LogP contribution is 1.87. The van der Waals surface area contributed by atoms with Gasteiger partial charge in [0, 0.05) is 18.6 Å². The monoisotopic (exact) mass is 202 g/mol. The second-order valence-electron chi connectivity index (χ2n) is 2.29. The number of aliphatic hydroxyl groups is 1. The summed E-state index contributed by atoms with van der Waals surface area (Å²) < 4.78 is 4.44. The lowest BCUT2D eigenvalue weighted by molar-refractivity contribution is -0.139. The molecular weight excluding hydrogens is 192 g/mol. The zero-order valence-corrected chi connectivity index (χ0v) is 7.30. The molecule has 0 saturated heterocycles. The van der Waals surface area contributed by atoms with Crippen molar-refractivity contribution in [2.45, 2.75) is 6.42 Å². The molecule has 0 rings (SSSR count). The maximum absolute atomic E-state index is 10.7. The molecule has 0 amide bonds. The van der Waals surface area contributed by atoms with Gasteiger partial charge in [0.05, 0.1) is 6.61 Å². The number of ketones is 1. The summed E-state index contributed by atoms with van der Waals surface area (Å²) in [5.41, 5.74) is 0. The number of rotatable bonds is 6. The van der Waals surface area contributed by atoms with E-state index in [1.165, 1.54) is 0 Å². The summed E-state index contributed by atoms with van der Waals surface area (Å²) >= 11 is 0. The van der Waals surface area contributed by atoms with Crippen LogP contribution in [0.4, 0.5) is 0 Å². The van der Waals surface area contributed by atoms with Crippen molar-refractivity contribution in [3.8, 4) is 0 Å². The van der Waals surface area contributed by atoms with Gasteiger partial charge in [-0.05, 0) is 0 Å². The highest BCUT2D eigenvalue weighted by Gasteiger charge is 2.02. The number of ether oxygens (including phenoxy) is 1. The molecule has 0 aliphatic rings. The molecule has 0 aromatic rings. The Bertz CT molecular complexity index is 255. The van der Waals surface area contributed by atoms with Gasteiger partial charge in [0.1, 0.15) is 6.61 Å². The standard InChI is InChI=1S/C8H10O6/c9-5-6(10)3-4-14-8(13)2-1-7(11)12/h1-2,9H,3-5H2,(H,11,12). The maximum atomic E-state index is 10.7. The van der Waals surface area contributed by atoms with E-state index in [4.69, 9.17) is 10.2 Å². The number of Topliss-reactive ketones (excluding diaryl/α,β-unsaturated/α-hetero) is 1. The number of carboxylic acids is 1. The van der Waals surface area contributed by atoms with Gasteiger partial charge in [0.15, 0.2) is 5.78 Å². The van der Waals surface area contributed by atoms with Gasteiger partial charge in [-0.1, -0.05) is 0 Å². The zero-order chi connectivity index (χ0) is 11.0. The van der Waals surface area contributed by atoms with Crippen LogP contribution in [-0.4, -0.2) is 41.1 Å². The number of carbonyl (C=O) groups excluding carboxylic acids is 2. The van der Waals surface area contributed by atoms with Crippen LogP contribution < -0.4 is 0 Å². The predicted molar refractivity (Wildman–Crippen MR) is 44.4 cm³/mol. The molecule has 0 aromatic heterocycles. The number of carboxylic acid groups (broad SMARTS) is 1. The first kappa shape index (κ1) is 12.3. The van der Waals surface area contributed by atoms with Gasteiger partial charge in [-0.15, -0.1) is 0 Å². The lowest BCUT2D eigenvalue weighted by atomic mass is 10.3. The van der Waals surface area contributed by atoms with Crippen molar-refractivity contribution >= 4 is 17.7 Å². The Morgan fingerprint density at radius 1 is 1.21 bits per heavy atom. The van der Waals surface area contributed by atoms with E-state index < -0.39 is 24.3 Å². The lowest BCUT2D eigenvalue weighted by Crippen LogP contribution is -2.10. The molecule has 2 N–H and O–H groups in total. The van der Waals surface area contributed by atoms with Crippen LogP contribution in [0, 0.1) is 0 Å². The first-order valence-electron chi connectivity index (χ1n) is 3.76. The quantitative estimate of drug-likeness (QED) is 0.428. The normalized spacial score (nSPS) is 10.1. The molecular formula is C8H10O6. The van der Waals surface area contributed by atoms with Gasteiger partial charge in [-0.2, -0.15) is 0 Å². The topological polar surface area (TPSA) is 101 Å². The van der Waals surface area contributed by atoms with Crippen molar-refractivity contribution in [3.05, 3.63) is 12.2 Å². The van der Waals surface area contributed by atoms with Crippen LogP contribution in [0.5, 0.6) is 0 Å². The first-order chi connectivity index (χ1) is 6.56. The fraction of sp³-hybridized carbons (Fsp3) is 0.375. The summed E-state index contributed by atoms with van der Waals surface area (Å²) in [6.45, 7) is -0.759. The van der Waals surface area contributed by atoms with Crippen molar-refractivity contribution in [3.63, 3.8) is 0 Å². The Labute approximate surface area is 79.8 Å². The van der Waals surface area contributed by atoms with Gasteiger partial charge in [-0.3, -0.25) is 4.79 Å². The highest BCUT2D eigenvalue weighted by atomic mass is 16.5. The number of aliphatic carboxylic acids is 1. The van der Waals surface area contributed by atoms with E-state index in [9.17, 15) is 14.4 Å². The van der Waals surface area contributed by atoms with Crippen molar-refractivity contribution in [2.75, 3.05) is 13.2 Å². The molecule has 0 unspecified atom stereocenters. The number of aliphatic hydroxyl groups excluding tert-OH is 1. The van der Waals surface area contributed by atoms with Crippen molar-refractivity contribution in [1.29, 1.82) is 0 Å². The molecule has 0 saturated carbocycles. The van der Waals surface area contributed by atoms with Gasteiger partial charge < -0.3 is 14.9 Å². The van der Waals surface area contributed by atoms with E-state index in [-0.39, 0.29) is 13.0 Å². The maximum Gasteiger partial charge on any atom is 0.331 e. The zero-order valence-electron chi connectivity index (χ0n) is 7.30. The van der Waals surface area contributed by atoms with Crippen molar-refractivity contribution in [2.24, 2.45) is 0 Å². The molecule has 14 heavy (non-hydrogen) atoms. The van der Waals surface area contributed by atoms with Gasteiger partial charge >= 0.3 is 11.9 Å². The third-order valence-corrected chi connectivity index (χ3v) is 1.16. The molecule has 0 heterocycles. The third kappa shape index (κ3) is 6.99. The van der Waals surface area contributed by atoms with E-state index in [1.54, 1.807) is 0 Å². The lowest BCUT2D eigenvalue weighted by Gasteiger charge is -1.98. The van der Waals surface area contributed by atoms with Crippen molar-refractivity contribution < 1.29 is 29.3 Å². The molecule has 78 valence electrons. The molecule has 0 atom stereocenters. The number of esters is 1. The van der Waals surface area contributed by atoms with E-state index >= 15 is 0 Å². The van der Waals surface area contributed by atoms with Gasteiger partial charge in [0.25, 0.3) is 0 Å². The fourth-order valence-corrected chi connectivity index (χ4v) is 0.532. The highest BCUT2D eigenvalue weighted by molar-refractivity contribution is 5.90. The van der Waals surface area contributed by atoms with Crippen LogP contribution in [0.15, 0.2) is 12.2 Å². The average Bonchev–Trinajstić information content (AvgIpc) is 2.14. The Hall–Kier alpha value is -1.69. The Kier molecular flexibility index (Phi) is 5.97. The van der Waals surface area contributed by atoms with Crippen LogP contribution in [0.1, 0.15) is 6.42 Å². The van der Waals surface area contributed by atoms with Crippen LogP contribution in [-0.2, 0) is 19.1 Å². The smallest absolute Gasteiger partial charge is 0.331 e. The summed E-state index contributed by atoms with van der Waals surface area (Å²) in [5, 5.41) is 16.4. The van der Waals surface area contributed by atoms with E-state index in [1.807, 2.05) is 0 Å². The molecule has 6 nitrogen and oxygen atoms in total. The van der Waals surface area contributed by atoms with Crippen LogP contribution in [0.25, 0.3) is 0 Å². The second kappa shape index (κ2) is 6.79. The van der Waals surface area contributed by atoms with Gasteiger partial charge in [-0.25, -0.2) is 9.59 Å². The summed E-state index contributed by atoms with van der Waals surface area (Å²) in [4.78, 5) is 31.1. The predicted octanol–water partition coefficient (Wildman–Crippen LogP) is -0.878. The Morgan fingerprint density at radius 2 is 1.86 bits per heavy atom. The Balaban J connectivity index is 3.65. The number of hydrogen-bond donors (Lipinski definition) is 2. The number of hydrogen-bond acceptors (Lipinski definition) is 5. The van der Waals surface area contributed by atoms with E-state index in [0.717, 1.165) is 6.08 Å². The minimum atomic E-state index is -1.26. The fourth-order valence-electron chi connectivity index (χ4n) is 0.532. The summed E-state index contributed by atoms with van der Waals surface area (Å²) in [6.07, 6.45) is 1.30. The molecule has 0 bridgehead atoms. The summed E-state index contributed by atoms with van der Waals surface area (Å²) in [6, 6.07) is 0. The molecule has 0 fully saturated rings. The Morgan fingerprint density at radius 3 is 2.36 bits per heavy atom. The number of carbonyl (C=O) groups is 3.